The zero-order valence-corrected chi connectivity index (χ0v) is 18.4. The van der Waals surface area contributed by atoms with Crippen LogP contribution in [0.3, 0.4) is 0 Å². The Kier molecular flexibility index (Phi) is 5.45. The van der Waals surface area contributed by atoms with Gasteiger partial charge in [0.2, 0.25) is 4.77 Å². The van der Waals surface area contributed by atoms with Crippen LogP contribution in [0.1, 0.15) is 46.3 Å². The number of rotatable bonds is 7. The molecule has 1 fully saturated rings. The standard InChI is InChI=1S/C24H23N5O2S/c1-14-12-17(19-4-2-3-5-20(19)25-14)13-31-18-10-8-16(9-11-18)23(30)26-21(15-6-7-15)22-27-24(32)29-28-22/h2-5,8-12,15,21H,6-7,13H2,1H3,(H,26,30)(H2,27,28,29,32). The molecule has 162 valence electrons. The van der Waals surface area contributed by atoms with E-state index in [-0.39, 0.29) is 11.9 Å². The van der Waals surface area contributed by atoms with Gasteiger partial charge in [-0.15, -0.1) is 0 Å². The number of aryl methyl sites for hydroxylation is 1. The Labute approximate surface area is 190 Å². The van der Waals surface area contributed by atoms with Gasteiger partial charge in [-0.3, -0.25) is 20.0 Å². The predicted molar refractivity (Wildman–Crippen MR) is 124 cm³/mol. The molecule has 0 bridgehead atoms. The third-order valence-corrected chi connectivity index (χ3v) is 5.83. The zero-order chi connectivity index (χ0) is 22.1. The summed E-state index contributed by atoms with van der Waals surface area (Å²) in [6.07, 6.45) is 2.13. The lowest BCUT2D eigenvalue weighted by molar-refractivity contribution is 0.0929. The molecule has 4 aromatic rings. The summed E-state index contributed by atoms with van der Waals surface area (Å²) < 4.78 is 6.39. The summed E-state index contributed by atoms with van der Waals surface area (Å²) >= 11 is 5.05. The van der Waals surface area contributed by atoms with Gasteiger partial charge in [0.15, 0.2) is 0 Å². The average molecular weight is 446 g/mol. The topological polar surface area (TPSA) is 95.7 Å². The highest BCUT2D eigenvalue weighted by atomic mass is 32.1. The minimum Gasteiger partial charge on any atom is -0.489 e. The van der Waals surface area contributed by atoms with Crippen LogP contribution in [0.25, 0.3) is 10.9 Å². The Hall–Kier alpha value is -3.52. The number of ether oxygens (including phenoxy) is 1. The van der Waals surface area contributed by atoms with Crippen LogP contribution in [0.5, 0.6) is 5.75 Å². The van der Waals surface area contributed by atoms with Crippen molar-refractivity contribution < 1.29 is 9.53 Å². The fourth-order valence-corrected chi connectivity index (χ4v) is 4.02. The van der Waals surface area contributed by atoms with Gasteiger partial charge >= 0.3 is 0 Å². The van der Waals surface area contributed by atoms with Crippen LogP contribution in [0.15, 0.2) is 54.6 Å². The van der Waals surface area contributed by atoms with Crippen LogP contribution in [0, 0.1) is 17.6 Å². The second-order valence-corrected chi connectivity index (χ2v) is 8.48. The fraction of sp³-hybridized carbons (Fsp3) is 0.250. The summed E-state index contributed by atoms with van der Waals surface area (Å²) in [4.78, 5) is 21.7. The van der Waals surface area contributed by atoms with Crippen LogP contribution in [0.4, 0.5) is 0 Å². The number of amides is 1. The number of benzene rings is 2. The summed E-state index contributed by atoms with van der Waals surface area (Å²) in [7, 11) is 0. The molecule has 32 heavy (non-hydrogen) atoms. The molecule has 1 aliphatic rings. The molecular weight excluding hydrogens is 422 g/mol. The highest BCUT2D eigenvalue weighted by molar-refractivity contribution is 7.71. The normalized spacial score (nSPS) is 14.3. The van der Waals surface area contributed by atoms with Gasteiger partial charge in [0.25, 0.3) is 5.91 Å². The van der Waals surface area contributed by atoms with E-state index in [9.17, 15) is 4.79 Å². The molecule has 0 aliphatic heterocycles. The smallest absolute Gasteiger partial charge is 0.251 e. The Morgan fingerprint density at radius 1 is 1.16 bits per heavy atom. The zero-order valence-electron chi connectivity index (χ0n) is 17.6. The van der Waals surface area contributed by atoms with Gasteiger partial charge in [0, 0.05) is 22.2 Å². The summed E-state index contributed by atoms with van der Waals surface area (Å²) in [5.74, 6) is 1.61. The monoisotopic (exact) mass is 445 g/mol. The van der Waals surface area contributed by atoms with Crippen molar-refractivity contribution in [3.63, 3.8) is 0 Å². The van der Waals surface area contributed by atoms with Crippen molar-refractivity contribution in [3.8, 4) is 5.75 Å². The highest BCUT2D eigenvalue weighted by Crippen LogP contribution is 2.40. The number of carbonyl (C=O) groups excluding carboxylic acids is 1. The number of hydrogen-bond acceptors (Lipinski definition) is 5. The molecular formula is C24H23N5O2S. The molecule has 1 atom stereocenters. The molecule has 8 heteroatoms. The lowest BCUT2D eigenvalue weighted by Gasteiger charge is -2.16. The first-order chi connectivity index (χ1) is 15.6. The molecule has 7 nitrogen and oxygen atoms in total. The van der Waals surface area contributed by atoms with Crippen LogP contribution < -0.4 is 10.1 Å². The van der Waals surface area contributed by atoms with Crippen molar-refractivity contribution in [1.29, 1.82) is 0 Å². The SMILES string of the molecule is Cc1cc(COc2ccc(C(=O)NC(c3nc(=S)[nH][nH]3)C3CC3)cc2)c2ccccc2n1. The number of nitrogens with zero attached hydrogens (tertiary/aromatic N) is 2. The number of pyridine rings is 1. The number of hydrogen-bond donors (Lipinski definition) is 3. The second kappa shape index (κ2) is 8.55. The molecule has 0 saturated heterocycles. The lowest BCUT2D eigenvalue weighted by Crippen LogP contribution is -2.30. The van der Waals surface area contributed by atoms with Crippen molar-refractivity contribution in [2.45, 2.75) is 32.4 Å². The van der Waals surface area contributed by atoms with Crippen LogP contribution in [-0.4, -0.2) is 26.1 Å². The first-order valence-corrected chi connectivity index (χ1v) is 11.0. The molecule has 1 aliphatic carbocycles. The van der Waals surface area contributed by atoms with E-state index in [0.29, 0.717) is 34.4 Å². The molecule has 2 aromatic heterocycles. The van der Waals surface area contributed by atoms with Gasteiger partial charge in [0.1, 0.15) is 18.2 Å². The van der Waals surface area contributed by atoms with Crippen molar-refractivity contribution in [3.05, 3.63) is 82.0 Å². The van der Waals surface area contributed by atoms with E-state index in [1.165, 1.54) is 0 Å². The Morgan fingerprint density at radius 2 is 1.94 bits per heavy atom. The van der Waals surface area contributed by atoms with E-state index in [1.807, 2.05) is 43.3 Å². The van der Waals surface area contributed by atoms with Crippen LogP contribution >= 0.6 is 12.2 Å². The maximum absolute atomic E-state index is 12.8. The van der Waals surface area contributed by atoms with Gasteiger partial charge in [-0.1, -0.05) is 18.2 Å². The highest BCUT2D eigenvalue weighted by Gasteiger charge is 2.35. The maximum atomic E-state index is 12.8. The first-order valence-electron chi connectivity index (χ1n) is 10.6. The van der Waals surface area contributed by atoms with Crippen LogP contribution in [-0.2, 0) is 6.61 Å². The van der Waals surface area contributed by atoms with Gasteiger partial charge < -0.3 is 10.1 Å². The molecule has 0 radical (unpaired) electrons. The number of nitrogens with one attached hydrogen (secondary N) is 3. The maximum Gasteiger partial charge on any atom is 0.251 e. The van der Waals surface area contributed by atoms with Crippen molar-refractivity contribution >= 4 is 29.0 Å². The molecule has 3 N–H and O–H groups in total. The van der Waals surface area contributed by atoms with E-state index in [1.54, 1.807) is 12.1 Å². The summed E-state index contributed by atoms with van der Waals surface area (Å²) in [6, 6.07) is 17.1. The number of para-hydroxylation sites is 1. The summed E-state index contributed by atoms with van der Waals surface area (Å²) in [5.41, 5.74) is 3.57. The Balaban J connectivity index is 1.26. The van der Waals surface area contributed by atoms with E-state index in [0.717, 1.165) is 35.0 Å². The minimum absolute atomic E-state index is 0.147. The number of aromatic nitrogens is 4. The summed E-state index contributed by atoms with van der Waals surface area (Å²) in [5, 5.41) is 9.93. The van der Waals surface area contributed by atoms with Crippen molar-refractivity contribution in [2.24, 2.45) is 5.92 Å². The van der Waals surface area contributed by atoms with Crippen molar-refractivity contribution in [2.75, 3.05) is 0 Å². The largest absolute Gasteiger partial charge is 0.489 e. The number of aromatic amines is 2. The molecule has 0 spiro atoms. The lowest BCUT2D eigenvalue weighted by atomic mass is 10.1. The van der Waals surface area contributed by atoms with Crippen molar-refractivity contribution in [1.82, 2.24) is 25.5 Å². The number of fused-ring (bicyclic) bond motifs is 1. The Morgan fingerprint density at radius 3 is 2.66 bits per heavy atom. The minimum atomic E-state index is -0.172. The predicted octanol–water partition coefficient (Wildman–Crippen LogP) is 4.78. The molecule has 1 saturated carbocycles. The quantitative estimate of drug-likeness (QED) is 0.356. The first kappa shape index (κ1) is 20.4. The third-order valence-electron chi connectivity index (χ3n) is 5.63. The van der Waals surface area contributed by atoms with E-state index in [4.69, 9.17) is 17.0 Å². The second-order valence-electron chi connectivity index (χ2n) is 8.09. The molecule has 1 unspecified atom stereocenters. The van der Waals surface area contributed by atoms with Gasteiger partial charge in [-0.25, -0.2) is 4.98 Å². The van der Waals surface area contributed by atoms with E-state index in [2.05, 4.69) is 31.5 Å². The molecule has 1 amide bonds. The van der Waals surface area contributed by atoms with Gasteiger partial charge in [-0.05, 0) is 74.3 Å². The van der Waals surface area contributed by atoms with Gasteiger partial charge in [-0.2, -0.15) is 0 Å². The fourth-order valence-electron chi connectivity index (χ4n) is 3.87. The van der Waals surface area contributed by atoms with E-state index < -0.39 is 0 Å². The van der Waals surface area contributed by atoms with Crippen LogP contribution in [0.2, 0.25) is 0 Å². The van der Waals surface area contributed by atoms with Gasteiger partial charge in [0.05, 0.1) is 11.6 Å². The Bertz CT molecular complexity index is 1320. The summed E-state index contributed by atoms with van der Waals surface area (Å²) in [6.45, 7) is 2.41. The third kappa shape index (κ3) is 4.40. The molecule has 5 rings (SSSR count). The molecule has 2 heterocycles. The average Bonchev–Trinajstić information content (AvgIpc) is 3.55. The number of carbonyl (C=O) groups is 1. The van der Waals surface area contributed by atoms with E-state index >= 15 is 0 Å². The molecule has 2 aromatic carbocycles. The number of H-pyrrole nitrogens is 2.